The molecule has 1 aliphatic rings. The Hall–Kier alpha value is -1.72. The van der Waals surface area contributed by atoms with Crippen LogP contribution in [0.2, 0.25) is 0 Å². The smallest absolute Gasteiger partial charge is 0.222 e. The average Bonchev–Trinajstić information content (AvgIpc) is 2.68. The van der Waals surface area contributed by atoms with Crippen LogP contribution < -0.4 is 5.73 Å². The van der Waals surface area contributed by atoms with Crippen molar-refractivity contribution < 1.29 is 0 Å². The second kappa shape index (κ2) is 4.15. The minimum absolute atomic E-state index is 0.277. The van der Waals surface area contributed by atoms with Crippen LogP contribution >= 0.6 is 0 Å². The molecule has 1 aliphatic carbocycles. The lowest BCUT2D eigenvalue weighted by atomic mass is 9.70. The quantitative estimate of drug-likeness (QED) is 0.849. The van der Waals surface area contributed by atoms with Crippen molar-refractivity contribution in [3.05, 3.63) is 6.20 Å². The lowest BCUT2D eigenvalue weighted by molar-refractivity contribution is 0.131. The Morgan fingerprint density at radius 3 is 2.89 bits per heavy atom. The molecule has 0 saturated heterocycles. The van der Waals surface area contributed by atoms with Gasteiger partial charge >= 0.3 is 0 Å². The van der Waals surface area contributed by atoms with Crippen LogP contribution in [-0.4, -0.2) is 25.0 Å². The van der Waals surface area contributed by atoms with Crippen LogP contribution in [0, 0.1) is 11.3 Å². The predicted octanol–water partition coefficient (Wildman–Crippen LogP) is 2.19. The molecule has 0 aromatic carbocycles. The van der Waals surface area contributed by atoms with E-state index in [9.17, 15) is 0 Å². The van der Waals surface area contributed by atoms with E-state index < -0.39 is 0 Å². The van der Waals surface area contributed by atoms with Gasteiger partial charge in [-0.3, -0.25) is 0 Å². The third-order valence-corrected chi connectivity index (χ3v) is 3.94. The van der Waals surface area contributed by atoms with E-state index in [1.807, 2.05) is 4.68 Å². The maximum absolute atomic E-state index is 5.67. The molecule has 6 heteroatoms. The van der Waals surface area contributed by atoms with Gasteiger partial charge in [0.15, 0.2) is 11.2 Å². The molecule has 6 nitrogen and oxygen atoms in total. The SMILES string of the molecule is C[C@H]1C[C@H](n2nnc3cnc(N)nc32)CC(C)(C)C1. The fourth-order valence-corrected chi connectivity index (χ4v) is 3.49. The minimum Gasteiger partial charge on any atom is -0.368 e. The Morgan fingerprint density at radius 2 is 2.16 bits per heavy atom. The van der Waals surface area contributed by atoms with Gasteiger partial charge in [-0.1, -0.05) is 26.0 Å². The largest absolute Gasteiger partial charge is 0.368 e. The van der Waals surface area contributed by atoms with E-state index in [1.54, 1.807) is 6.20 Å². The first-order valence-electron chi connectivity index (χ1n) is 6.78. The fraction of sp³-hybridized carbons (Fsp3) is 0.692. The summed E-state index contributed by atoms with van der Waals surface area (Å²) < 4.78 is 1.94. The van der Waals surface area contributed by atoms with Gasteiger partial charge in [-0.2, -0.15) is 4.98 Å². The van der Waals surface area contributed by atoms with Gasteiger partial charge in [0.05, 0.1) is 12.2 Å². The molecule has 0 aliphatic heterocycles. The fourth-order valence-electron chi connectivity index (χ4n) is 3.49. The highest BCUT2D eigenvalue weighted by Gasteiger charge is 2.34. The molecule has 1 fully saturated rings. The van der Waals surface area contributed by atoms with E-state index in [0.717, 1.165) is 18.5 Å². The number of nitrogen functional groups attached to an aromatic ring is 1. The highest BCUT2D eigenvalue weighted by molar-refractivity contribution is 5.69. The van der Waals surface area contributed by atoms with E-state index in [2.05, 4.69) is 41.1 Å². The van der Waals surface area contributed by atoms with Gasteiger partial charge in [0.2, 0.25) is 5.95 Å². The van der Waals surface area contributed by atoms with Crippen molar-refractivity contribution in [3.8, 4) is 0 Å². The first kappa shape index (κ1) is 12.3. The number of fused-ring (bicyclic) bond motifs is 1. The van der Waals surface area contributed by atoms with Crippen LogP contribution in [0.5, 0.6) is 0 Å². The van der Waals surface area contributed by atoms with E-state index >= 15 is 0 Å². The molecule has 0 bridgehead atoms. The molecule has 2 aromatic rings. The van der Waals surface area contributed by atoms with Crippen LogP contribution in [0.3, 0.4) is 0 Å². The average molecular weight is 260 g/mol. The van der Waals surface area contributed by atoms with E-state index in [4.69, 9.17) is 5.73 Å². The number of rotatable bonds is 1. The molecule has 2 aromatic heterocycles. The normalized spacial score (nSPS) is 26.7. The second-order valence-electron chi connectivity index (χ2n) is 6.54. The summed E-state index contributed by atoms with van der Waals surface area (Å²) >= 11 is 0. The second-order valence-corrected chi connectivity index (χ2v) is 6.54. The summed E-state index contributed by atoms with van der Waals surface area (Å²) in [6.07, 6.45) is 5.11. The molecule has 2 heterocycles. The molecule has 2 atom stereocenters. The number of hydrogen-bond donors (Lipinski definition) is 1. The van der Waals surface area contributed by atoms with E-state index in [-0.39, 0.29) is 5.95 Å². The van der Waals surface area contributed by atoms with Crippen LogP contribution in [0.1, 0.15) is 46.1 Å². The Kier molecular flexibility index (Phi) is 2.69. The van der Waals surface area contributed by atoms with E-state index in [0.29, 0.717) is 22.9 Å². The Morgan fingerprint density at radius 1 is 1.37 bits per heavy atom. The number of nitrogens with two attached hydrogens (primary N) is 1. The predicted molar refractivity (Wildman–Crippen MR) is 73.4 cm³/mol. The molecule has 102 valence electrons. The summed E-state index contributed by atoms with van der Waals surface area (Å²) in [6, 6.07) is 0.345. The van der Waals surface area contributed by atoms with Gasteiger partial charge < -0.3 is 5.73 Å². The number of anilines is 1. The van der Waals surface area contributed by atoms with Crippen LogP contribution in [-0.2, 0) is 0 Å². The Bertz CT molecular complexity index is 602. The first-order valence-corrected chi connectivity index (χ1v) is 6.78. The third-order valence-electron chi connectivity index (χ3n) is 3.94. The van der Waals surface area contributed by atoms with Gasteiger partial charge in [-0.25, -0.2) is 9.67 Å². The molecular formula is C13H20N6. The topological polar surface area (TPSA) is 82.5 Å². The monoisotopic (exact) mass is 260 g/mol. The summed E-state index contributed by atoms with van der Waals surface area (Å²) in [6.45, 7) is 6.94. The zero-order chi connectivity index (χ0) is 13.6. The lowest BCUT2D eigenvalue weighted by Gasteiger charge is -2.38. The first-order chi connectivity index (χ1) is 8.94. The number of nitrogens with zero attached hydrogens (tertiary/aromatic N) is 5. The van der Waals surface area contributed by atoms with Gasteiger partial charge in [0, 0.05) is 0 Å². The maximum atomic E-state index is 5.67. The van der Waals surface area contributed by atoms with Crippen molar-refractivity contribution in [1.82, 2.24) is 25.0 Å². The molecule has 3 rings (SSSR count). The van der Waals surface area contributed by atoms with Gasteiger partial charge in [0.25, 0.3) is 0 Å². The van der Waals surface area contributed by atoms with Gasteiger partial charge in [-0.05, 0) is 30.6 Å². The summed E-state index contributed by atoms with van der Waals surface area (Å²) in [7, 11) is 0. The molecule has 19 heavy (non-hydrogen) atoms. The zero-order valence-electron chi connectivity index (χ0n) is 11.7. The van der Waals surface area contributed by atoms with Crippen molar-refractivity contribution >= 4 is 17.1 Å². The standard InChI is InChI=1S/C13H20N6/c1-8-4-9(6-13(2,3)5-8)19-11-10(17-18-19)7-15-12(14)16-11/h7-9H,4-6H2,1-3H3,(H2,14,15,16)/t8-,9-/m0/s1. The van der Waals surface area contributed by atoms with Crippen LogP contribution in [0.15, 0.2) is 6.20 Å². The molecular weight excluding hydrogens is 240 g/mol. The third kappa shape index (κ3) is 2.27. The molecule has 1 saturated carbocycles. The lowest BCUT2D eigenvalue weighted by Crippen LogP contribution is -2.30. The summed E-state index contributed by atoms with van der Waals surface area (Å²) in [4.78, 5) is 8.25. The number of hydrogen-bond acceptors (Lipinski definition) is 5. The van der Waals surface area contributed by atoms with Crippen LogP contribution in [0.4, 0.5) is 5.95 Å². The van der Waals surface area contributed by atoms with E-state index in [1.165, 1.54) is 6.42 Å². The minimum atomic E-state index is 0.277. The highest BCUT2D eigenvalue weighted by atomic mass is 15.5. The summed E-state index contributed by atoms with van der Waals surface area (Å²) in [5, 5.41) is 8.41. The summed E-state index contributed by atoms with van der Waals surface area (Å²) in [5.74, 6) is 0.964. The zero-order valence-corrected chi connectivity index (χ0v) is 11.7. The van der Waals surface area contributed by atoms with Crippen molar-refractivity contribution in [2.45, 2.75) is 46.1 Å². The van der Waals surface area contributed by atoms with Crippen molar-refractivity contribution in [2.75, 3.05) is 5.73 Å². The highest BCUT2D eigenvalue weighted by Crippen LogP contribution is 2.43. The van der Waals surface area contributed by atoms with Crippen molar-refractivity contribution in [1.29, 1.82) is 0 Å². The molecule has 0 unspecified atom stereocenters. The molecule has 0 amide bonds. The Labute approximate surface area is 112 Å². The molecule has 0 spiro atoms. The number of aromatic nitrogens is 5. The van der Waals surface area contributed by atoms with Gasteiger partial charge in [0.1, 0.15) is 0 Å². The van der Waals surface area contributed by atoms with Gasteiger partial charge in [-0.15, -0.1) is 5.10 Å². The Balaban J connectivity index is 2.02. The van der Waals surface area contributed by atoms with Crippen molar-refractivity contribution in [3.63, 3.8) is 0 Å². The summed E-state index contributed by atoms with van der Waals surface area (Å²) in [5.41, 5.74) is 7.47. The van der Waals surface area contributed by atoms with Crippen molar-refractivity contribution in [2.24, 2.45) is 11.3 Å². The maximum Gasteiger partial charge on any atom is 0.222 e. The van der Waals surface area contributed by atoms with Crippen LogP contribution in [0.25, 0.3) is 11.2 Å². The molecule has 2 N–H and O–H groups in total. The molecule has 0 radical (unpaired) electrons.